The van der Waals surface area contributed by atoms with Crippen LogP contribution in [0.3, 0.4) is 0 Å². The largest absolute Gasteiger partial charge is 0.311 e. The minimum Gasteiger partial charge on any atom is -0.311 e. The van der Waals surface area contributed by atoms with Gasteiger partial charge in [0.05, 0.1) is 0 Å². The topological polar surface area (TPSA) is 29.1 Å². The van der Waals surface area contributed by atoms with Crippen LogP contribution in [0.25, 0.3) is 0 Å². The minimum atomic E-state index is -0.683. The maximum absolute atomic E-state index is 13.2. The Balaban J connectivity index is 1.79. The highest BCUT2D eigenvalue weighted by atomic mass is 19.1. The van der Waals surface area contributed by atoms with Gasteiger partial charge in [-0.25, -0.2) is 8.78 Å². The van der Waals surface area contributed by atoms with Gasteiger partial charge < -0.3 is 5.32 Å². The maximum atomic E-state index is 13.2. The van der Waals surface area contributed by atoms with Crippen molar-refractivity contribution < 1.29 is 13.6 Å². The number of benzene rings is 1. The number of piperidine rings is 2. The van der Waals surface area contributed by atoms with Crippen molar-refractivity contribution in [2.75, 3.05) is 0 Å². The molecule has 4 heteroatoms. The van der Waals surface area contributed by atoms with E-state index in [9.17, 15) is 13.6 Å². The highest BCUT2D eigenvalue weighted by molar-refractivity contribution is 5.98. The van der Waals surface area contributed by atoms with E-state index >= 15 is 0 Å². The second-order valence-electron chi connectivity index (χ2n) is 5.68. The molecule has 102 valence electrons. The Morgan fingerprint density at radius 1 is 1.05 bits per heavy atom. The third-order valence-corrected chi connectivity index (χ3v) is 4.23. The van der Waals surface area contributed by atoms with Crippen LogP contribution in [0.15, 0.2) is 18.2 Å². The van der Waals surface area contributed by atoms with E-state index in [1.807, 2.05) is 0 Å². The fourth-order valence-electron chi connectivity index (χ4n) is 3.41. The fraction of sp³-hybridized carbons (Fsp3) is 0.533. The van der Waals surface area contributed by atoms with Crippen LogP contribution >= 0.6 is 0 Å². The molecule has 2 atom stereocenters. The van der Waals surface area contributed by atoms with E-state index in [2.05, 4.69) is 5.32 Å². The molecule has 0 radical (unpaired) electrons. The predicted molar refractivity (Wildman–Crippen MR) is 68.0 cm³/mol. The summed E-state index contributed by atoms with van der Waals surface area (Å²) in [5.41, 5.74) is 0.169. The summed E-state index contributed by atoms with van der Waals surface area (Å²) < 4.78 is 26.4. The van der Waals surface area contributed by atoms with E-state index < -0.39 is 11.6 Å². The van der Waals surface area contributed by atoms with Gasteiger partial charge in [-0.15, -0.1) is 0 Å². The number of hydrogen-bond donors (Lipinski definition) is 1. The molecule has 0 amide bonds. The van der Waals surface area contributed by atoms with Crippen molar-refractivity contribution >= 4 is 5.78 Å². The molecule has 2 aliphatic heterocycles. The Morgan fingerprint density at radius 3 is 2.21 bits per heavy atom. The molecule has 2 bridgehead atoms. The zero-order valence-electron chi connectivity index (χ0n) is 10.7. The summed E-state index contributed by atoms with van der Waals surface area (Å²) >= 11 is 0. The van der Waals surface area contributed by atoms with E-state index in [1.54, 1.807) is 0 Å². The van der Waals surface area contributed by atoms with Gasteiger partial charge in [0.2, 0.25) is 0 Å². The third-order valence-electron chi connectivity index (χ3n) is 4.23. The smallest absolute Gasteiger partial charge is 0.166 e. The molecule has 0 aromatic heterocycles. The number of fused-ring (bicyclic) bond motifs is 2. The van der Waals surface area contributed by atoms with Gasteiger partial charge in [0.1, 0.15) is 11.6 Å². The van der Waals surface area contributed by atoms with Crippen LogP contribution in [0.1, 0.15) is 42.5 Å². The Morgan fingerprint density at radius 2 is 1.63 bits per heavy atom. The Kier molecular flexibility index (Phi) is 3.35. The first-order valence-corrected chi connectivity index (χ1v) is 6.88. The van der Waals surface area contributed by atoms with Crippen LogP contribution in [-0.2, 0) is 0 Å². The molecule has 3 rings (SSSR count). The summed E-state index contributed by atoms with van der Waals surface area (Å²) in [5.74, 6) is -1.58. The lowest BCUT2D eigenvalue weighted by molar-refractivity contribution is 0.0824. The zero-order chi connectivity index (χ0) is 13.4. The normalized spacial score (nSPS) is 30.1. The molecule has 1 N–H and O–H groups in total. The average molecular weight is 265 g/mol. The lowest BCUT2D eigenvalue weighted by atomic mass is 9.77. The zero-order valence-corrected chi connectivity index (χ0v) is 10.7. The minimum absolute atomic E-state index is 0.0993. The van der Waals surface area contributed by atoms with Crippen LogP contribution in [0, 0.1) is 17.6 Å². The van der Waals surface area contributed by atoms with E-state index in [1.165, 1.54) is 6.42 Å². The van der Waals surface area contributed by atoms with E-state index in [4.69, 9.17) is 0 Å². The molecule has 19 heavy (non-hydrogen) atoms. The SMILES string of the molecule is O=C(c1cc(F)cc(F)c1)C1CC2CCCC(C1)N2. The van der Waals surface area contributed by atoms with Crippen molar-refractivity contribution in [2.24, 2.45) is 5.92 Å². The summed E-state index contributed by atoms with van der Waals surface area (Å²) in [7, 11) is 0. The number of rotatable bonds is 2. The van der Waals surface area contributed by atoms with Gasteiger partial charge in [-0.1, -0.05) is 6.42 Å². The lowest BCUT2D eigenvalue weighted by Crippen LogP contribution is -2.50. The Labute approximate surface area is 111 Å². The number of Topliss-reactive ketones (excluding diaryl/α,β-unsaturated/α-hetero) is 1. The van der Waals surface area contributed by atoms with Crippen LogP contribution in [0.4, 0.5) is 8.78 Å². The first kappa shape index (κ1) is 12.7. The van der Waals surface area contributed by atoms with Crippen molar-refractivity contribution in [3.05, 3.63) is 35.4 Å². The molecule has 0 saturated carbocycles. The molecule has 0 spiro atoms. The van der Waals surface area contributed by atoms with Gasteiger partial charge >= 0.3 is 0 Å². The predicted octanol–water partition coefficient (Wildman–Crippen LogP) is 3.07. The van der Waals surface area contributed by atoms with Gasteiger partial charge in [-0.2, -0.15) is 0 Å². The summed E-state index contributed by atoms with van der Waals surface area (Å²) in [6, 6.07) is 3.86. The molecule has 2 unspecified atom stereocenters. The molecule has 2 fully saturated rings. The van der Waals surface area contributed by atoms with Crippen LogP contribution in [0.2, 0.25) is 0 Å². The first-order valence-electron chi connectivity index (χ1n) is 6.88. The number of halogens is 2. The van der Waals surface area contributed by atoms with Gasteiger partial charge in [0.15, 0.2) is 5.78 Å². The molecule has 1 aromatic rings. The standard InChI is InChI=1S/C15H17F2NO/c16-11-4-9(5-12(17)8-11)15(19)10-6-13-2-1-3-14(7-10)18-13/h4-5,8,10,13-14,18H,1-3,6-7H2. The first-order chi connectivity index (χ1) is 9.11. The molecule has 2 nitrogen and oxygen atoms in total. The summed E-state index contributed by atoms with van der Waals surface area (Å²) in [4.78, 5) is 12.4. The van der Waals surface area contributed by atoms with Gasteiger partial charge in [-0.3, -0.25) is 4.79 Å². The summed E-state index contributed by atoms with van der Waals surface area (Å²) in [6.45, 7) is 0. The highest BCUT2D eigenvalue weighted by Gasteiger charge is 2.35. The second kappa shape index (κ2) is 5.00. The van der Waals surface area contributed by atoms with Crippen LogP contribution in [-0.4, -0.2) is 17.9 Å². The molecule has 2 aliphatic rings. The number of hydrogen-bond acceptors (Lipinski definition) is 2. The number of carbonyl (C=O) groups excluding carboxylic acids is 1. The molecule has 2 saturated heterocycles. The van der Waals surface area contributed by atoms with Crippen LogP contribution < -0.4 is 5.32 Å². The molecule has 0 aliphatic carbocycles. The number of ketones is 1. The summed E-state index contributed by atoms with van der Waals surface area (Å²) in [5, 5.41) is 3.51. The third kappa shape index (κ3) is 2.68. The molecular formula is C15H17F2NO. The van der Waals surface area contributed by atoms with E-state index in [-0.39, 0.29) is 17.3 Å². The molecule has 2 heterocycles. The highest BCUT2D eigenvalue weighted by Crippen LogP contribution is 2.31. The number of nitrogens with one attached hydrogen (secondary N) is 1. The molecule has 1 aromatic carbocycles. The quantitative estimate of drug-likeness (QED) is 0.833. The van der Waals surface area contributed by atoms with E-state index in [0.29, 0.717) is 12.1 Å². The van der Waals surface area contributed by atoms with Crippen LogP contribution in [0.5, 0.6) is 0 Å². The van der Waals surface area contributed by atoms with E-state index in [0.717, 1.165) is 43.9 Å². The molecular weight excluding hydrogens is 248 g/mol. The van der Waals surface area contributed by atoms with Crippen molar-refractivity contribution in [2.45, 2.75) is 44.2 Å². The second-order valence-corrected chi connectivity index (χ2v) is 5.68. The monoisotopic (exact) mass is 265 g/mol. The Hall–Kier alpha value is -1.29. The lowest BCUT2D eigenvalue weighted by Gasteiger charge is -2.39. The maximum Gasteiger partial charge on any atom is 0.166 e. The Bertz CT molecular complexity index is 471. The van der Waals surface area contributed by atoms with Crippen molar-refractivity contribution in [3.8, 4) is 0 Å². The summed E-state index contributed by atoms with van der Waals surface area (Å²) in [6.07, 6.45) is 4.97. The van der Waals surface area contributed by atoms with Gasteiger partial charge in [0.25, 0.3) is 0 Å². The average Bonchev–Trinajstić information content (AvgIpc) is 2.36. The van der Waals surface area contributed by atoms with Gasteiger partial charge in [0, 0.05) is 29.6 Å². The van der Waals surface area contributed by atoms with Gasteiger partial charge in [-0.05, 0) is 37.8 Å². The van der Waals surface area contributed by atoms with Crippen molar-refractivity contribution in [3.63, 3.8) is 0 Å². The number of carbonyl (C=O) groups is 1. The van der Waals surface area contributed by atoms with Crippen molar-refractivity contribution in [1.29, 1.82) is 0 Å². The van der Waals surface area contributed by atoms with Crippen molar-refractivity contribution in [1.82, 2.24) is 5.32 Å². The fourth-order valence-corrected chi connectivity index (χ4v) is 3.41.